The number of aryl methyl sites for hydroxylation is 1. The summed E-state index contributed by atoms with van der Waals surface area (Å²) in [5.74, 6) is 0.817. The molecule has 1 heterocycles. The number of hydrogen-bond acceptors (Lipinski definition) is 6. The molecule has 9 heteroatoms. The van der Waals surface area contributed by atoms with Crippen molar-refractivity contribution in [2.45, 2.75) is 18.7 Å². The molecule has 1 amide bonds. The molecule has 2 N–H and O–H groups in total. The van der Waals surface area contributed by atoms with Crippen molar-refractivity contribution in [3.05, 3.63) is 78.2 Å². The SMILES string of the molecule is CCOc1ccc(S(=O)(=O)Nc2ccc(C(=O)Nc3ccc4oc(C)nc4c3)cc2)cc1. The molecule has 4 rings (SSSR count). The number of nitrogens with one attached hydrogen (secondary N) is 2. The van der Waals surface area contributed by atoms with Gasteiger partial charge < -0.3 is 14.5 Å². The molecular weight excluding hydrogens is 430 g/mol. The molecule has 32 heavy (non-hydrogen) atoms. The van der Waals surface area contributed by atoms with Gasteiger partial charge in [-0.2, -0.15) is 0 Å². The molecule has 0 atom stereocenters. The van der Waals surface area contributed by atoms with Crippen molar-refractivity contribution >= 4 is 38.4 Å². The van der Waals surface area contributed by atoms with Gasteiger partial charge in [-0.25, -0.2) is 13.4 Å². The zero-order valence-corrected chi connectivity index (χ0v) is 18.3. The van der Waals surface area contributed by atoms with Crippen molar-refractivity contribution in [3.8, 4) is 5.75 Å². The number of oxazole rings is 1. The molecule has 164 valence electrons. The van der Waals surface area contributed by atoms with Crippen LogP contribution in [-0.4, -0.2) is 25.9 Å². The van der Waals surface area contributed by atoms with Gasteiger partial charge in [-0.05, 0) is 73.7 Å². The number of sulfonamides is 1. The minimum absolute atomic E-state index is 0.112. The minimum Gasteiger partial charge on any atom is -0.494 e. The van der Waals surface area contributed by atoms with E-state index in [0.717, 1.165) is 0 Å². The minimum atomic E-state index is -3.77. The molecule has 0 aliphatic carbocycles. The summed E-state index contributed by atoms with van der Waals surface area (Å²) in [4.78, 5) is 16.9. The first-order valence-corrected chi connectivity index (χ1v) is 11.4. The largest absolute Gasteiger partial charge is 0.494 e. The van der Waals surface area contributed by atoms with Crippen molar-refractivity contribution in [2.24, 2.45) is 0 Å². The fourth-order valence-electron chi connectivity index (χ4n) is 3.11. The summed E-state index contributed by atoms with van der Waals surface area (Å²) in [7, 11) is -3.77. The highest BCUT2D eigenvalue weighted by molar-refractivity contribution is 7.92. The number of rotatable bonds is 7. The van der Waals surface area contributed by atoms with E-state index in [1.165, 1.54) is 24.3 Å². The van der Waals surface area contributed by atoms with Crippen LogP contribution in [-0.2, 0) is 10.0 Å². The molecule has 0 saturated carbocycles. The third-order valence-electron chi connectivity index (χ3n) is 4.60. The Bertz CT molecular complexity index is 1360. The van der Waals surface area contributed by atoms with E-state index in [4.69, 9.17) is 9.15 Å². The first kappa shape index (κ1) is 21.4. The summed E-state index contributed by atoms with van der Waals surface area (Å²) in [6.07, 6.45) is 0. The van der Waals surface area contributed by atoms with Crippen LogP contribution >= 0.6 is 0 Å². The maximum absolute atomic E-state index is 12.6. The number of ether oxygens (including phenoxy) is 1. The second-order valence-electron chi connectivity index (χ2n) is 6.96. The van der Waals surface area contributed by atoms with Gasteiger partial charge in [0.15, 0.2) is 11.5 Å². The van der Waals surface area contributed by atoms with Gasteiger partial charge in [0.2, 0.25) is 0 Å². The molecule has 0 bridgehead atoms. The number of nitrogens with zero attached hydrogens (tertiary/aromatic N) is 1. The molecule has 0 spiro atoms. The molecule has 4 aromatic rings. The summed E-state index contributed by atoms with van der Waals surface area (Å²) < 4.78 is 38.5. The van der Waals surface area contributed by atoms with E-state index >= 15 is 0 Å². The highest BCUT2D eigenvalue weighted by Gasteiger charge is 2.15. The first-order chi connectivity index (χ1) is 15.3. The Morgan fingerprint density at radius 1 is 1.00 bits per heavy atom. The second-order valence-corrected chi connectivity index (χ2v) is 8.64. The van der Waals surface area contributed by atoms with Gasteiger partial charge >= 0.3 is 0 Å². The van der Waals surface area contributed by atoms with E-state index in [1.54, 1.807) is 49.4 Å². The van der Waals surface area contributed by atoms with Crippen molar-refractivity contribution in [3.63, 3.8) is 0 Å². The number of amides is 1. The van der Waals surface area contributed by atoms with Gasteiger partial charge in [0.05, 0.1) is 11.5 Å². The lowest BCUT2D eigenvalue weighted by Crippen LogP contribution is -2.14. The van der Waals surface area contributed by atoms with Crippen LogP contribution in [0.15, 0.2) is 76.0 Å². The molecular formula is C23H21N3O5S. The molecule has 8 nitrogen and oxygen atoms in total. The van der Waals surface area contributed by atoms with E-state index in [0.29, 0.717) is 46.3 Å². The van der Waals surface area contributed by atoms with E-state index in [-0.39, 0.29) is 10.8 Å². The third-order valence-corrected chi connectivity index (χ3v) is 5.99. The standard InChI is InChI=1S/C23H21N3O5S/c1-3-30-19-9-11-20(12-10-19)32(28,29)26-17-6-4-16(5-7-17)23(27)25-18-8-13-22-21(14-18)24-15(2)31-22/h4-14,26H,3H2,1-2H3,(H,25,27). The van der Waals surface area contributed by atoms with Crippen LogP contribution in [0.25, 0.3) is 11.1 Å². The van der Waals surface area contributed by atoms with Gasteiger partial charge in [0.1, 0.15) is 11.3 Å². The monoisotopic (exact) mass is 451 g/mol. The summed E-state index contributed by atoms with van der Waals surface area (Å²) >= 11 is 0. The lowest BCUT2D eigenvalue weighted by molar-refractivity contribution is 0.102. The molecule has 0 radical (unpaired) electrons. The van der Waals surface area contributed by atoms with Crippen LogP contribution in [0, 0.1) is 6.92 Å². The Morgan fingerprint density at radius 3 is 2.38 bits per heavy atom. The number of aromatic nitrogens is 1. The average Bonchev–Trinajstić information content (AvgIpc) is 3.14. The van der Waals surface area contributed by atoms with Crippen molar-refractivity contribution in [1.29, 1.82) is 0 Å². The summed E-state index contributed by atoms with van der Waals surface area (Å²) in [5, 5.41) is 2.80. The zero-order valence-electron chi connectivity index (χ0n) is 17.5. The summed E-state index contributed by atoms with van der Waals surface area (Å²) in [5.41, 5.74) is 2.60. The topological polar surface area (TPSA) is 111 Å². The van der Waals surface area contributed by atoms with Crippen LogP contribution in [0.3, 0.4) is 0 Å². The molecule has 0 saturated heterocycles. The number of carbonyl (C=O) groups is 1. The first-order valence-electron chi connectivity index (χ1n) is 9.88. The van der Waals surface area contributed by atoms with Gasteiger partial charge in [-0.15, -0.1) is 0 Å². The Morgan fingerprint density at radius 2 is 1.69 bits per heavy atom. The van der Waals surface area contributed by atoms with Crippen molar-refractivity contribution < 1.29 is 22.4 Å². The number of carbonyl (C=O) groups excluding carboxylic acids is 1. The van der Waals surface area contributed by atoms with Gasteiger partial charge in [0.25, 0.3) is 15.9 Å². The quantitative estimate of drug-likeness (QED) is 0.425. The predicted octanol–water partition coefficient (Wildman–Crippen LogP) is 4.59. The fourth-order valence-corrected chi connectivity index (χ4v) is 4.17. The Kier molecular flexibility index (Phi) is 5.83. The smallest absolute Gasteiger partial charge is 0.261 e. The molecule has 0 fully saturated rings. The van der Waals surface area contributed by atoms with Crippen LogP contribution in [0.1, 0.15) is 23.2 Å². The van der Waals surface area contributed by atoms with Gasteiger partial charge in [-0.3, -0.25) is 9.52 Å². The van der Waals surface area contributed by atoms with Crippen LogP contribution in [0.4, 0.5) is 11.4 Å². The van der Waals surface area contributed by atoms with Crippen LogP contribution in [0.5, 0.6) is 5.75 Å². The number of hydrogen-bond donors (Lipinski definition) is 2. The third kappa shape index (κ3) is 4.73. The normalized spacial score (nSPS) is 11.3. The number of benzene rings is 3. The Labute approximate surface area is 185 Å². The summed E-state index contributed by atoms with van der Waals surface area (Å²) in [6, 6.07) is 17.5. The van der Waals surface area contributed by atoms with Crippen molar-refractivity contribution in [2.75, 3.05) is 16.6 Å². The maximum Gasteiger partial charge on any atom is 0.261 e. The van der Waals surface area contributed by atoms with E-state index in [2.05, 4.69) is 15.0 Å². The second kappa shape index (κ2) is 8.72. The lowest BCUT2D eigenvalue weighted by Gasteiger charge is -2.10. The van der Waals surface area contributed by atoms with Crippen molar-refractivity contribution in [1.82, 2.24) is 4.98 Å². The van der Waals surface area contributed by atoms with Gasteiger partial charge in [0, 0.05) is 23.9 Å². The van der Waals surface area contributed by atoms with Crippen LogP contribution < -0.4 is 14.8 Å². The van der Waals surface area contributed by atoms with Gasteiger partial charge in [-0.1, -0.05) is 0 Å². The number of anilines is 2. The van der Waals surface area contributed by atoms with E-state index in [1.807, 2.05) is 6.92 Å². The highest BCUT2D eigenvalue weighted by Crippen LogP contribution is 2.22. The predicted molar refractivity (Wildman–Crippen MR) is 122 cm³/mol. The Hall–Kier alpha value is -3.85. The maximum atomic E-state index is 12.6. The Balaban J connectivity index is 1.44. The van der Waals surface area contributed by atoms with Crippen LogP contribution in [0.2, 0.25) is 0 Å². The molecule has 0 aliphatic heterocycles. The average molecular weight is 452 g/mol. The molecule has 3 aromatic carbocycles. The summed E-state index contributed by atoms with van der Waals surface area (Å²) in [6.45, 7) is 4.11. The molecule has 0 unspecified atom stereocenters. The van der Waals surface area contributed by atoms with E-state index < -0.39 is 10.0 Å². The zero-order chi connectivity index (χ0) is 22.7. The molecule has 0 aliphatic rings. The fraction of sp³-hybridized carbons (Fsp3) is 0.130. The van der Waals surface area contributed by atoms with E-state index in [9.17, 15) is 13.2 Å². The molecule has 1 aromatic heterocycles. The lowest BCUT2D eigenvalue weighted by atomic mass is 10.2. The highest BCUT2D eigenvalue weighted by atomic mass is 32.2. The number of fused-ring (bicyclic) bond motifs is 1.